The highest BCUT2D eigenvalue weighted by Gasteiger charge is 1.99. The van der Waals surface area contributed by atoms with Gasteiger partial charge < -0.3 is 4.43 Å². The van der Waals surface area contributed by atoms with Crippen molar-refractivity contribution in [2.45, 2.75) is 38.8 Å². The van der Waals surface area contributed by atoms with E-state index in [4.69, 9.17) is 4.43 Å². The van der Waals surface area contributed by atoms with Crippen LogP contribution in [0, 0.1) is 11.8 Å². The van der Waals surface area contributed by atoms with E-state index in [1.165, 1.54) is 31.3 Å². The second-order valence-electron chi connectivity index (χ2n) is 3.64. The number of rotatable bonds is 2. The summed E-state index contributed by atoms with van der Waals surface area (Å²) in [5.74, 6) is 6.27. The minimum atomic E-state index is -0.867. The van der Waals surface area contributed by atoms with Crippen LogP contribution in [0.25, 0.3) is 0 Å². The summed E-state index contributed by atoms with van der Waals surface area (Å²) < 4.78 is 5.47. The molecule has 0 aromatic heterocycles. The molecule has 1 aliphatic rings. The van der Waals surface area contributed by atoms with Crippen LogP contribution in [-0.4, -0.2) is 15.6 Å². The highest BCUT2D eigenvalue weighted by atomic mass is 28.3. The van der Waals surface area contributed by atoms with Crippen LogP contribution in [-0.2, 0) is 4.43 Å². The number of hydrogen-bond acceptors (Lipinski definition) is 1. The van der Waals surface area contributed by atoms with Gasteiger partial charge in [0.25, 0.3) is 0 Å². The molecular formula is C11H18OSi. The van der Waals surface area contributed by atoms with E-state index in [-0.39, 0.29) is 0 Å². The zero-order valence-corrected chi connectivity index (χ0v) is 9.75. The molecule has 0 atom stereocenters. The summed E-state index contributed by atoms with van der Waals surface area (Å²) in [6.45, 7) is 4.96. The fraction of sp³-hybridized carbons (Fsp3) is 0.636. The van der Waals surface area contributed by atoms with Crippen LogP contribution < -0.4 is 0 Å². The van der Waals surface area contributed by atoms with Gasteiger partial charge in [-0.2, -0.15) is 0 Å². The first-order valence-corrected chi connectivity index (χ1v) is 7.86. The van der Waals surface area contributed by atoms with Crippen molar-refractivity contribution in [1.82, 2.24) is 0 Å². The predicted molar refractivity (Wildman–Crippen MR) is 59.2 cm³/mol. The molecule has 0 heterocycles. The quantitative estimate of drug-likeness (QED) is 0.485. The standard InChI is InChI=1S/C11H18OSi/c1-13(2)12-10-6-9-11-7-4-3-5-8-11/h7,13H,3-5,8,10H2,1-2H3. The molecule has 1 aliphatic carbocycles. The molecule has 0 amide bonds. The Morgan fingerprint density at radius 3 is 2.92 bits per heavy atom. The number of hydrogen-bond donors (Lipinski definition) is 0. The van der Waals surface area contributed by atoms with Crippen molar-refractivity contribution in [2.75, 3.05) is 6.61 Å². The Labute approximate surface area is 82.9 Å². The number of allylic oxidation sites excluding steroid dienone is 2. The smallest absolute Gasteiger partial charge is 0.172 e. The third kappa shape index (κ3) is 4.92. The van der Waals surface area contributed by atoms with Crippen molar-refractivity contribution in [2.24, 2.45) is 0 Å². The van der Waals surface area contributed by atoms with E-state index in [0.717, 1.165) is 0 Å². The molecule has 0 saturated heterocycles. The molecule has 0 aromatic rings. The molecule has 0 unspecified atom stereocenters. The molecule has 72 valence electrons. The summed E-state index contributed by atoms with van der Waals surface area (Å²) in [7, 11) is -0.867. The maximum Gasteiger partial charge on any atom is 0.172 e. The van der Waals surface area contributed by atoms with Gasteiger partial charge in [0.1, 0.15) is 0 Å². The first-order valence-electron chi connectivity index (χ1n) is 5.08. The highest BCUT2D eigenvalue weighted by Crippen LogP contribution is 2.15. The molecule has 0 bridgehead atoms. The monoisotopic (exact) mass is 194 g/mol. The summed E-state index contributed by atoms with van der Waals surface area (Å²) in [5, 5.41) is 0. The van der Waals surface area contributed by atoms with Gasteiger partial charge in [0.05, 0.1) is 6.61 Å². The molecule has 13 heavy (non-hydrogen) atoms. The molecule has 0 radical (unpaired) electrons. The Bertz CT molecular complexity index is 232. The fourth-order valence-electron chi connectivity index (χ4n) is 1.31. The van der Waals surface area contributed by atoms with Crippen molar-refractivity contribution in [1.29, 1.82) is 0 Å². The molecule has 0 spiro atoms. The first-order chi connectivity index (χ1) is 6.29. The molecule has 0 saturated carbocycles. The lowest BCUT2D eigenvalue weighted by atomic mass is 10.0. The minimum Gasteiger partial charge on any atom is -0.410 e. The predicted octanol–water partition coefficient (Wildman–Crippen LogP) is 2.49. The lowest BCUT2D eigenvalue weighted by Crippen LogP contribution is -2.07. The molecular weight excluding hydrogens is 176 g/mol. The van der Waals surface area contributed by atoms with Crippen LogP contribution in [0.15, 0.2) is 11.6 Å². The summed E-state index contributed by atoms with van der Waals surface area (Å²) in [5.41, 5.74) is 1.32. The molecule has 0 N–H and O–H groups in total. The molecule has 1 rings (SSSR count). The van der Waals surface area contributed by atoms with Crippen molar-refractivity contribution in [3.63, 3.8) is 0 Å². The largest absolute Gasteiger partial charge is 0.410 e. The van der Waals surface area contributed by atoms with Gasteiger partial charge in [-0.3, -0.25) is 0 Å². The van der Waals surface area contributed by atoms with Crippen LogP contribution in [0.2, 0.25) is 13.1 Å². The average molecular weight is 194 g/mol. The first kappa shape index (κ1) is 10.6. The van der Waals surface area contributed by atoms with E-state index in [1.54, 1.807) is 0 Å². The van der Waals surface area contributed by atoms with Gasteiger partial charge in [-0.1, -0.05) is 17.9 Å². The molecule has 0 aliphatic heterocycles. The van der Waals surface area contributed by atoms with Gasteiger partial charge in [0, 0.05) is 0 Å². The Hall–Kier alpha value is -0.523. The highest BCUT2D eigenvalue weighted by molar-refractivity contribution is 6.48. The van der Waals surface area contributed by atoms with Gasteiger partial charge in [0.2, 0.25) is 0 Å². The SMILES string of the molecule is C[SiH](C)OCC#CC1=CCCCC1. The Kier molecular flexibility index (Phi) is 4.88. The van der Waals surface area contributed by atoms with Crippen LogP contribution >= 0.6 is 0 Å². The van der Waals surface area contributed by atoms with E-state index in [0.29, 0.717) is 6.61 Å². The Morgan fingerprint density at radius 2 is 2.31 bits per heavy atom. The van der Waals surface area contributed by atoms with Crippen molar-refractivity contribution in [3.05, 3.63) is 11.6 Å². The Balaban J connectivity index is 2.25. The van der Waals surface area contributed by atoms with Gasteiger partial charge in [-0.25, -0.2) is 0 Å². The zero-order chi connectivity index (χ0) is 9.52. The van der Waals surface area contributed by atoms with Crippen molar-refractivity contribution < 1.29 is 4.43 Å². The van der Waals surface area contributed by atoms with Crippen molar-refractivity contribution in [3.8, 4) is 11.8 Å². The van der Waals surface area contributed by atoms with Crippen LogP contribution in [0.1, 0.15) is 25.7 Å². The van der Waals surface area contributed by atoms with Gasteiger partial charge in [0.15, 0.2) is 9.04 Å². The van der Waals surface area contributed by atoms with E-state index in [2.05, 4.69) is 31.0 Å². The zero-order valence-electron chi connectivity index (χ0n) is 8.60. The topological polar surface area (TPSA) is 9.23 Å². The minimum absolute atomic E-state index is 0.626. The van der Waals surface area contributed by atoms with Crippen LogP contribution in [0.4, 0.5) is 0 Å². The lowest BCUT2D eigenvalue weighted by Gasteiger charge is -2.05. The van der Waals surface area contributed by atoms with Crippen molar-refractivity contribution >= 4 is 9.04 Å². The van der Waals surface area contributed by atoms with Crippen LogP contribution in [0.5, 0.6) is 0 Å². The van der Waals surface area contributed by atoms with Gasteiger partial charge in [-0.15, -0.1) is 0 Å². The fourth-order valence-corrected chi connectivity index (χ4v) is 1.73. The van der Waals surface area contributed by atoms with E-state index < -0.39 is 9.04 Å². The maximum atomic E-state index is 5.47. The van der Waals surface area contributed by atoms with Crippen LogP contribution in [0.3, 0.4) is 0 Å². The average Bonchev–Trinajstić information content (AvgIpc) is 2.14. The summed E-state index contributed by atoms with van der Waals surface area (Å²) >= 11 is 0. The van der Waals surface area contributed by atoms with Gasteiger partial charge in [-0.05, 0) is 44.4 Å². The molecule has 1 nitrogen and oxygen atoms in total. The summed E-state index contributed by atoms with van der Waals surface area (Å²) in [4.78, 5) is 0. The van der Waals surface area contributed by atoms with E-state index in [1.807, 2.05) is 0 Å². The molecule has 2 heteroatoms. The third-order valence-corrected chi connectivity index (χ3v) is 2.86. The second-order valence-corrected chi connectivity index (χ2v) is 6.07. The lowest BCUT2D eigenvalue weighted by molar-refractivity contribution is 0.382. The Morgan fingerprint density at radius 1 is 1.46 bits per heavy atom. The third-order valence-electron chi connectivity index (χ3n) is 2.03. The maximum absolute atomic E-state index is 5.47. The van der Waals surface area contributed by atoms with Gasteiger partial charge >= 0.3 is 0 Å². The van der Waals surface area contributed by atoms with E-state index in [9.17, 15) is 0 Å². The summed E-state index contributed by atoms with van der Waals surface area (Å²) in [6, 6.07) is 0. The van der Waals surface area contributed by atoms with E-state index >= 15 is 0 Å². The summed E-state index contributed by atoms with van der Waals surface area (Å²) in [6.07, 6.45) is 7.29. The second kappa shape index (κ2) is 6.01. The molecule has 0 aromatic carbocycles. The normalized spacial score (nSPS) is 16.4. The molecule has 0 fully saturated rings.